The predicted molar refractivity (Wildman–Crippen MR) is 83.2 cm³/mol. The molecule has 1 aliphatic rings. The van der Waals surface area contributed by atoms with Crippen molar-refractivity contribution in [1.82, 2.24) is 14.9 Å². The van der Waals surface area contributed by atoms with Crippen LogP contribution in [0.2, 0.25) is 0 Å². The standard InChI is InChI=1S/C16H16N6/c1-21-6-8-22(9-7-21)16-15(12(10-17)11-18)19-13-4-2-3-5-14(13)20-16/h2-5,12H,6-9H2,1H3. The van der Waals surface area contributed by atoms with Gasteiger partial charge >= 0.3 is 0 Å². The van der Waals surface area contributed by atoms with Crippen molar-refractivity contribution in [3.8, 4) is 12.1 Å². The number of rotatable bonds is 2. The highest BCUT2D eigenvalue weighted by Gasteiger charge is 2.24. The van der Waals surface area contributed by atoms with E-state index in [0.29, 0.717) is 17.0 Å². The van der Waals surface area contributed by atoms with Gasteiger partial charge in [0.15, 0.2) is 11.7 Å². The molecule has 0 N–H and O–H groups in total. The molecule has 110 valence electrons. The molecule has 1 aromatic carbocycles. The quantitative estimate of drug-likeness (QED) is 0.834. The molecule has 1 saturated heterocycles. The van der Waals surface area contributed by atoms with Crippen LogP contribution < -0.4 is 4.90 Å². The Morgan fingerprint density at radius 1 is 1.00 bits per heavy atom. The third-order valence-corrected chi connectivity index (χ3v) is 3.91. The summed E-state index contributed by atoms with van der Waals surface area (Å²) in [6.45, 7) is 3.50. The van der Waals surface area contributed by atoms with Crippen molar-refractivity contribution in [2.75, 3.05) is 38.1 Å². The van der Waals surface area contributed by atoms with Crippen LogP contribution in [0.5, 0.6) is 0 Å². The van der Waals surface area contributed by atoms with Gasteiger partial charge in [0.25, 0.3) is 0 Å². The lowest BCUT2D eigenvalue weighted by atomic mass is 10.1. The van der Waals surface area contributed by atoms with Crippen molar-refractivity contribution in [2.24, 2.45) is 0 Å². The first-order valence-corrected chi connectivity index (χ1v) is 7.22. The number of nitriles is 2. The van der Waals surface area contributed by atoms with Crippen LogP contribution in [0.4, 0.5) is 5.82 Å². The molecule has 0 radical (unpaired) electrons. The number of nitrogens with zero attached hydrogens (tertiary/aromatic N) is 6. The first kappa shape index (κ1) is 14.2. The van der Waals surface area contributed by atoms with Crippen LogP contribution >= 0.6 is 0 Å². The summed E-state index contributed by atoms with van der Waals surface area (Å²) in [5.74, 6) is -0.230. The van der Waals surface area contributed by atoms with Crippen molar-refractivity contribution < 1.29 is 0 Å². The van der Waals surface area contributed by atoms with Gasteiger partial charge in [0.1, 0.15) is 5.69 Å². The largest absolute Gasteiger partial charge is 0.352 e. The molecule has 0 bridgehead atoms. The fraction of sp³-hybridized carbons (Fsp3) is 0.375. The molecule has 1 aromatic heterocycles. The summed E-state index contributed by atoms with van der Waals surface area (Å²) in [4.78, 5) is 13.6. The topological polar surface area (TPSA) is 79.8 Å². The SMILES string of the molecule is CN1CCN(c2nc3ccccc3nc2C(C#N)C#N)CC1. The summed E-state index contributed by atoms with van der Waals surface area (Å²) in [6.07, 6.45) is 0. The van der Waals surface area contributed by atoms with Gasteiger partial charge in [-0.25, -0.2) is 9.97 Å². The minimum atomic E-state index is -0.897. The molecule has 0 saturated carbocycles. The van der Waals surface area contributed by atoms with Gasteiger partial charge in [-0.05, 0) is 19.2 Å². The van der Waals surface area contributed by atoms with Crippen molar-refractivity contribution in [2.45, 2.75) is 5.92 Å². The van der Waals surface area contributed by atoms with E-state index in [1.807, 2.05) is 36.4 Å². The molecule has 1 fully saturated rings. The van der Waals surface area contributed by atoms with Crippen LogP contribution in [0, 0.1) is 22.7 Å². The van der Waals surface area contributed by atoms with E-state index in [0.717, 1.165) is 31.7 Å². The highest BCUT2D eigenvalue weighted by molar-refractivity contribution is 5.77. The second-order valence-corrected chi connectivity index (χ2v) is 5.40. The van der Waals surface area contributed by atoms with Crippen LogP contribution in [0.15, 0.2) is 24.3 Å². The summed E-state index contributed by atoms with van der Waals surface area (Å²) < 4.78 is 0. The molecule has 0 unspecified atom stereocenters. The monoisotopic (exact) mass is 292 g/mol. The number of hydrogen-bond acceptors (Lipinski definition) is 6. The van der Waals surface area contributed by atoms with E-state index in [1.165, 1.54) is 0 Å². The number of likely N-dealkylation sites (N-methyl/N-ethyl adjacent to an activating group) is 1. The molecular weight excluding hydrogens is 276 g/mol. The second kappa shape index (κ2) is 5.97. The molecule has 22 heavy (non-hydrogen) atoms. The lowest BCUT2D eigenvalue weighted by molar-refractivity contribution is 0.312. The fourth-order valence-corrected chi connectivity index (χ4v) is 2.60. The lowest BCUT2D eigenvalue weighted by Gasteiger charge is -2.34. The average Bonchev–Trinajstić information content (AvgIpc) is 2.56. The maximum atomic E-state index is 9.25. The molecule has 1 aliphatic heterocycles. The Morgan fingerprint density at radius 2 is 1.59 bits per heavy atom. The van der Waals surface area contributed by atoms with Gasteiger partial charge in [-0.1, -0.05) is 12.1 Å². The first-order chi connectivity index (χ1) is 10.7. The third-order valence-electron chi connectivity index (χ3n) is 3.91. The van der Waals surface area contributed by atoms with Gasteiger partial charge in [0, 0.05) is 26.2 Å². The van der Waals surface area contributed by atoms with Gasteiger partial charge in [-0.2, -0.15) is 10.5 Å². The van der Waals surface area contributed by atoms with Crippen LogP contribution in [-0.4, -0.2) is 48.1 Å². The molecule has 6 nitrogen and oxygen atoms in total. The molecule has 6 heteroatoms. The van der Waals surface area contributed by atoms with Gasteiger partial charge in [-0.3, -0.25) is 0 Å². The predicted octanol–water partition coefficient (Wildman–Crippen LogP) is 1.51. The fourth-order valence-electron chi connectivity index (χ4n) is 2.60. The molecule has 0 aliphatic carbocycles. The zero-order valence-corrected chi connectivity index (χ0v) is 12.4. The van der Waals surface area contributed by atoms with E-state index in [2.05, 4.69) is 26.8 Å². The minimum absolute atomic E-state index is 0.466. The van der Waals surface area contributed by atoms with Gasteiger partial charge in [-0.15, -0.1) is 0 Å². The van der Waals surface area contributed by atoms with Crippen molar-refractivity contribution >= 4 is 16.9 Å². The van der Waals surface area contributed by atoms with Crippen LogP contribution in [0.25, 0.3) is 11.0 Å². The Morgan fingerprint density at radius 3 is 2.18 bits per heavy atom. The van der Waals surface area contributed by atoms with Crippen molar-refractivity contribution in [3.05, 3.63) is 30.0 Å². The van der Waals surface area contributed by atoms with E-state index in [9.17, 15) is 10.5 Å². The summed E-state index contributed by atoms with van der Waals surface area (Å²) in [7, 11) is 2.08. The molecule has 0 spiro atoms. The maximum absolute atomic E-state index is 9.25. The molecule has 2 aromatic rings. The zero-order valence-electron chi connectivity index (χ0n) is 12.4. The van der Waals surface area contributed by atoms with Crippen LogP contribution in [0.1, 0.15) is 11.6 Å². The van der Waals surface area contributed by atoms with Gasteiger partial charge in [0.2, 0.25) is 0 Å². The smallest absolute Gasteiger partial charge is 0.178 e. The number of piperazine rings is 1. The van der Waals surface area contributed by atoms with Gasteiger partial charge < -0.3 is 9.80 Å². The number of aromatic nitrogens is 2. The molecule has 2 heterocycles. The number of benzene rings is 1. The average molecular weight is 292 g/mol. The molecular formula is C16H16N6. The Balaban J connectivity index is 2.11. The van der Waals surface area contributed by atoms with E-state index in [-0.39, 0.29) is 0 Å². The van der Waals surface area contributed by atoms with E-state index in [1.54, 1.807) is 0 Å². The zero-order chi connectivity index (χ0) is 15.5. The van der Waals surface area contributed by atoms with E-state index >= 15 is 0 Å². The number of para-hydroxylation sites is 2. The summed E-state index contributed by atoms with van der Waals surface area (Å²) in [6, 6.07) is 11.6. The Bertz CT molecular complexity index is 750. The summed E-state index contributed by atoms with van der Waals surface area (Å²) in [5.41, 5.74) is 1.97. The number of fused-ring (bicyclic) bond motifs is 1. The molecule has 3 rings (SSSR count). The van der Waals surface area contributed by atoms with Crippen LogP contribution in [0.3, 0.4) is 0 Å². The van der Waals surface area contributed by atoms with E-state index < -0.39 is 5.92 Å². The Hall–Kier alpha value is -2.70. The summed E-state index contributed by atoms with van der Waals surface area (Å²) >= 11 is 0. The normalized spacial score (nSPS) is 15.7. The number of anilines is 1. The van der Waals surface area contributed by atoms with Crippen LogP contribution in [-0.2, 0) is 0 Å². The number of hydrogen-bond donors (Lipinski definition) is 0. The van der Waals surface area contributed by atoms with Gasteiger partial charge in [0.05, 0.1) is 23.2 Å². The van der Waals surface area contributed by atoms with Crippen molar-refractivity contribution in [3.63, 3.8) is 0 Å². The Labute approximate surface area is 129 Å². The van der Waals surface area contributed by atoms with Crippen molar-refractivity contribution in [1.29, 1.82) is 10.5 Å². The summed E-state index contributed by atoms with van der Waals surface area (Å²) in [5, 5.41) is 18.5. The lowest BCUT2D eigenvalue weighted by Crippen LogP contribution is -2.45. The highest BCUT2D eigenvalue weighted by Crippen LogP contribution is 2.27. The minimum Gasteiger partial charge on any atom is -0.352 e. The Kier molecular flexibility index (Phi) is 3.86. The first-order valence-electron chi connectivity index (χ1n) is 7.22. The maximum Gasteiger partial charge on any atom is 0.178 e. The van der Waals surface area contributed by atoms with E-state index in [4.69, 9.17) is 0 Å². The molecule has 0 atom stereocenters. The third kappa shape index (κ3) is 2.57. The second-order valence-electron chi connectivity index (χ2n) is 5.40. The highest BCUT2D eigenvalue weighted by atomic mass is 15.3. The molecule has 0 amide bonds.